The molecule has 0 saturated carbocycles. The Bertz CT molecular complexity index is 276. The van der Waals surface area contributed by atoms with Gasteiger partial charge in [-0.25, -0.2) is 0 Å². The molecular weight excluding hydrogens is 203 g/mol. The molecule has 1 rings (SSSR count). The number of hydrogen-bond donors (Lipinski definition) is 2. The minimum atomic E-state index is -4.58. The molecule has 0 bridgehead atoms. The molecular formula is C7H8F3NO3. The summed E-state index contributed by atoms with van der Waals surface area (Å²) in [5, 5.41) is 10.7. The minimum absolute atomic E-state index is 0.458. The number of hydrogen-bond acceptors (Lipinski definition) is 2. The highest BCUT2D eigenvalue weighted by Gasteiger charge is 2.52. The van der Waals surface area contributed by atoms with Gasteiger partial charge in [0.15, 0.2) is 0 Å². The molecule has 0 aromatic heterocycles. The van der Waals surface area contributed by atoms with Crippen LogP contribution in [0.3, 0.4) is 0 Å². The third-order valence-electron chi connectivity index (χ3n) is 2.12. The van der Waals surface area contributed by atoms with Gasteiger partial charge in [0.05, 0.1) is 6.42 Å². The van der Waals surface area contributed by atoms with Gasteiger partial charge in [-0.05, 0) is 0 Å². The van der Waals surface area contributed by atoms with Crippen molar-refractivity contribution in [2.75, 3.05) is 6.54 Å². The van der Waals surface area contributed by atoms with Crippen molar-refractivity contribution in [3.8, 4) is 0 Å². The molecule has 2 N–H and O–H groups in total. The lowest BCUT2D eigenvalue weighted by Crippen LogP contribution is -2.37. The van der Waals surface area contributed by atoms with E-state index in [0.717, 1.165) is 0 Å². The van der Waals surface area contributed by atoms with Crippen molar-refractivity contribution in [2.45, 2.75) is 19.0 Å². The molecule has 1 unspecified atom stereocenters. The summed E-state index contributed by atoms with van der Waals surface area (Å²) < 4.78 is 36.1. The van der Waals surface area contributed by atoms with E-state index < -0.39 is 42.9 Å². The fraction of sp³-hybridized carbons (Fsp3) is 0.714. The van der Waals surface area contributed by atoms with Crippen LogP contribution in [0.15, 0.2) is 0 Å². The first-order valence-corrected chi connectivity index (χ1v) is 3.82. The molecule has 0 aliphatic carbocycles. The van der Waals surface area contributed by atoms with Gasteiger partial charge in [0.2, 0.25) is 5.91 Å². The molecule has 1 aliphatic rings. The predicted molar refractivity (Wildman–Crippen MR) is 38.4 cm³/mol. The molecule has 80 valence electrons. The SMILES string of the molecule is O=C1CC(CC(F)(F)F)(C(=O)O)CN1. The van der Waals surface area contributed by atoms with Crippen molar-refractivity contribution in [1.82, 2.24) is 5.32 Å². The van der Waals surface area contributed by atoms with Crippen LogP contribution in [0.25, 0.3) is 0 Å². The van der Waals surface area contributed by atoms with Gasteiger partial charge < -0.3 is 10.4 Å². The molecule has 0 spiro atoms. The van der Waals surface area contributed by atoms with Crippen LogP contribution in [0, 0.1) is 5.41 Å². The molecule has 1 amide bonds. The van der Waals surface area contributed by atoms with Crippen LogP contribution in [0.1, 0.15) is 12.8 Å². The Morgan fingerprint density at radius 1 is 1.57 bits per heavy atom. The molecule has 1 aliphatic heterocycles. The number of amides is 1. The fourth-order valence-corrected chi connectivity index (χ4v) is 1.44. The van der Waals surface area contributed by atoms with Crippen molar-refractivity contribution < 1.29 is 27.9 Å². The van der Waals surface area contributed by atoms with Crippen LogP contribution in [0.5, 0.6) is 0 Å². The quantitative estimate of drug-likeness (QED) is 0.700. The maximum absolute atomic E-state index is 12.0. The highest BCUT2D eigenvalue weighted by atomic mass is 19.4. The summed E-state index contributed by atoms with van der Waals surface area (Å²) in [6.45, 7) is -0.458. The molecule has 1 fully saturated rings. The third-order valence-corrected chi connectivity index (χ3v) is 2.12. The number of carboxylic acids is 1. The van der Waals surface area contributed by atoms with E-state index in [2.05, 4.69) is 5.32 Å². The number of carboxylic acid groups (broad SMARTS) is 1. The van der Waals surface area contributed by atoms with E-state index in [-0.39, 0.29) is 0 Å². The number of halogens is 3. The second kappa shape index (κ2) is 3.14. The lowest BCUT2D eigenvalue weighted by Gasteiger charge is -2.22. The molecule has 1 heterocycles. The highest BCUT2D eigenvalue weighted by Crippen LogP contribution is 2.38. The molecule has 1 saturated heterocycles. The highest BCUT2D eigenvalue weighted by molar-refractivity contribution is 5.88. The first-order valence-electron chi connectivity index (χ1n) is 3.82. The fourth-order valence-electron chi connectivity index (χ4n) is 1.44. The zero-order valence-electron chi connectivity index (χ0n) is 7.02. The van der Waals surface area contributed by atoms with E-state index in [1.165, 1.54) is 0 Å². The van der Waals surface area contributed by atoms with E-state index in [1.807, 2.05) is 0 Å². The van der Waals surface area contributed by atoms with E-state index in [0.29, 0.717) is 0 Å². The van der Waals surface area contributed by atoms with Gasteiger partial charge in [-0.3, -0.25) is 9.59 Å². The largest absolute Gasteiger partial charge is 0.481 e. The van der Waals surface area contributed by atoms with E-state index in [9.17, 15) is 22.8 Å². The molecule has 0 radical (unpaired) electrons. The molecule has 4 nitrogen and oxygen atoms in total. The maximum Gasteiger partial charge on any atom is 0.390 e. The summed E-state index contributed by atoms with van der Waals surface area (Å²) >= 11 is 0. The predicted octanol–water partition coefficient (Wildman–Crippen LogP) is 0.530. The Morgan fingerprint density at radius 2 is 2.14 bits per heavy atom. The van der Waals surface area contributed by atoms with E-state index in [4.69, 9.17) is 5.11 Å². The number of carbonyl (C=O) groups excluding carboxylic acids is 1. The van der Waals surface area contributed by atoms with Crippen molar-refractivity contribution in [2.24, 2.45) is 5.41 Å². The standard InChI is InChI=1S/C7H8F3NO3/c8-7(9,10)2-6(5(13)14)1-4(12)11-3-6/h1-3H2,(H,11,12)(H,13,14). The van der Waals surface area contributed by atoms with Crippen LogP contribution in [0.2, 0.25) is 0 Å². The molecule has 7 heteroatoms. The van der Waals surface area contributed by atoms with Crippen molar-refractivity contribution in [1.29, 1.82) is 0 Å². The number of alkyl halides is 3. The average molecular weight is 211 g/mol. The van der Waals surface area contributed by atoms with Crippen LogP contribution in [-0.4, -0.2) is 29.7 Å². The lowest BCUT2D eigenvalue weighted by atomic mass is 9.83. The minimum Gasteiger partial charge on any atom is -0.481 e. The summed E-state index contributed by atoms with van der Waals surface area (Å²) in [5.74, 6) is -2.25. The Hall–Kier alpha value is -1.27. The van der Waals surface area contributed by atoms with Gasteiger partial charge in [0.25, 0.3) is 0 Å². The van der Waals surface area contributed by atoms with Crippen LogP contribution in [0.4, 0.5) is 13.2 Å². The number of carbonyl (C=O) groups is 2. The van der Waals surface area contributed by atoms with Crippen LogP contribution < -0.4 is 5.32 Å². The second-order valence-corrected chi connectivity index (χ2v) is 3.33. The first-order chi connectivity index (χ1) is 6.25. The van der Waals surface area contributed by atoms with E-state index in [1.54, 1.807) is 0 Å². The number of aliphatic carboxylic acids is 1. The number of nitrogens with one attached hydrogen (secondary N) is 1. The molecule has 1 atom stereocenters. The van der Waals surface area contributed by atoms with Crippen LogP contribution in [-0.2, 0) is 9.59 Å². The summed E-state index contributed by atoms with van der Waals surface area (Å²) in [5.41, 5.74) is -2.02. The topological polar surface area (TPSA) is 66.4 Å². The van der Waals surface area contributed by atoms with Crippen molar-refractivity contribution in [3.05, 3.63) is 0 Å². The Labute approximate surface area is 77.1 Å². The van der Waals surface area contributed by atoms with Gasteiger partial charge in [-0.15, -0.1) is 0 Å². The Kier molecular flexibility index (Phi) is 2.43. The summed E-state index contributed by atoms with van der Waals surface area (Å²) in [4.78, 5) is 21.4. The monoisotopic (exact) mass is 211 g/mol. The lowest BCUT2D eigenvalue weighted by molar-refractivity contribution is -0.176. The zero-order chi connectivity index (χ0) is 11.0. The van der Waals surface area contributed by atoms with Crippen molar-refractivity contribution >= 4 is 11.9 Å². The Balaban J connectivity index is 2.84. The van der Waals surface area contributed by atoms with Crippen molar-refractivity contribution in [3.63, 3.8) is 0 Å². The van der Waals surface area contributed by atoms with Gasteiger partial charge in [-0.1, -0.05) is 0 Å². The molecule has 14 heavy (non-hydrogen) atoms. The summed E-state index contributed by atoms with van der Waals surface area (Å²) in [7, 11) is 0. The van der Waals surface area contributed by atoms with Gasteiger partial charge in [0.1, 0.15) is 5.41 Å². The van der Waals surface area contributed by atoms with Gasteiger partial charge >= 0.3 is 12.1 Å². The first kappa shape index (κ1) is 10.8. The Morgan fingerprint density at radius 3 is 2.43 bits per heavy atom. The molecule has 0 aromatic carbocycles. The third kappa shape index (κ3) is 2.15. The zero-order valence-corrected chi connectivity index (χ0v) is 7.02. The van der Waals surface area contributed by atoms with E-state index >= 15 is 0 Å². The second-order valence-electron chi connectivity index (χ2n) is 3.33. The molecule has 0 aromatic rings. The number of rotatable bonds is 2. The van der Waals surface area contributed by atoms with Crippen LogP contribution >= 0.6 is 0 Å². The normalized spacial score (nSPS) is 27.5. The maximum atomic E-state index is 12.0. The van der Waals surface area contributed by atoms with Gasteiger partial charge in [-0.2, -0.15) is 13.2 Å². The summed E-state index contributed by atoms with van der Waals surface area (Å²) in [6.07, 6.45) is -6.67. The van der Waals surface area contributed by atoms with Gasteiger partial charge in [0, 0.05) is 13.0 Å². The summed E-state index contributed by atoms with van der Waals surface area (Å²) in [6, 6.07) is 0. The smallest absolute Gasteiger partial charge is 0.390 e. The average Bonchev–Trinajstić information content (AvgIpc) is 2.29.